The normalized spacial score (nSPS) is 17.8. The Labute approximate surface area is 150 Å². The molecule has 0 amide bonds. The first-order valence-corrected chi connectivity index (χ1v) is 9.06. The third kappa shape index (κ3) is 7.06. The maximum Gasteiger partial charge on any atom is 0.405 e. The molecule has 0 spiro atoms. The van der Waals surface area contributed by atoms with Crippen LogP contribution in [0.15, 0.2) is 24.3 Å². The van der Waals surface area contributed by atoms with Gasteiger partial charge in [-0.3, -0.25) is 4.90 Å². The van der Waals surface area contributed by atoms with Gasteiger partial charge in [0.2, 0.25) is 10.0 Å². The van der Waals surface area contributed by atoms with Gasteiger partial charge in [0, 0.05) is 32.7 Å². The van der Waals surface area contributed by atoms with E-state index in [1.165, 1.54) is 17.0 Å². The molecule has 1 aliphatic rings. The number of sulfonamides is 1. The molecule has 0 radical (unpaired) electrons. The summed E-state index contributed by atoms with van der Waals surface area (Å²) in [6.45, 7) is 0.505. The van der Waals surface area contributed by atoms with Gasteiger partial charge in [0.15, 0.2) is 0 Å². The summed E-state index contributed by atoms with van der Waals surface area (Å²) >= 11 is 0. The molecule has 0 saturated carbocycles. The minimum absolute atomic E-state index is 0. The summed E-state index contributed by atoms with van der Waals surface area (Å²) in [5.41, 5.74) is 0.301. The van der Waals surface area contributed by atoms with Crippen LogP contribution in [-0.2, 0) is 15.8 Å². The molecule has 1 atom stereocenters. The first kappa shape index (κ1) is 22.1. The van der Waals surface area contributed by atoms with E-state index in [2.05, 4.69) is 5.32 Å². The van der Waals surface area contributed by atoms with Crippen LogP contribution < -0.4 is 10.0 Å². The van der Waals surface area contributed by atoms with E-state index in [0.29, 0.717) is 18.7 Å². The number of nitrogens with zero attached hydrogens (tertiary/aromatic N) is 1. The Bertz CT molecular complexity index is 634. The topological polar surface area (TPSA) is 61.4 Å². The van der Waals surface area contributed by atoms with Crippen LogP contribution in [-0.4, -0.2) is 58.3 Å². The zero-order valence-electron chi connectivity index (χ0n) is 13.2. The maximum absolute atomic E-state index is 13.2. The van der Waals surface area contributed by atoms with Crippen molar-refractivity contribution in [3.8, 4) is 0 Å². The van der Waals surface area contributed by atoms with Crippen LogP contribution in [0.1, 0.15) is 5.56 Å². The van der Waals surface area contributed by atoms with Gasteiger partial charge in [-0.2, -0.15) is 13.2 Å². The van der Waals surface area contributed by atoms with E-state index in [1.54, 1.807) is 0 Å². The van der Waals surface area contributed by atoms with Crippen molar-refractivity contribution in [2.24, 2.45) is 0 Å². The summed E-state index contributed by atoms with van der Waals surface area (Å²) in [5, 5.41) is 2.95. The number of halogens is 5. The lowest BCUT2D eigenvalue weighted by atomic mass is 10.2. The molecule has 1 aromatic rings. The highest BCUT2D eigenvalue weighted by Crippen LogP contribution is 2.25. The van der Waals surface area contributed by atoms with Gasteiger partial charge in [0.1, 0.15) is 11.9 Å². The molecule has 1 fully saturated rings. The minimum atomic E-state index is -4.53. The van der Waals surface area contributed by atoms with Crippen molar-refractivity contribution < 1.29 is 26.0 Å². The summed E-state index contributed by atoms with van der Waals surface area (Å²) in [6.07, 6.45) is -4.53. The highest BCUT2D eigenvalue weighted by Gasteiger charge is 2.44. The van der Waals surface area contributed by atoms with Gasteiger partial charge in [-0.25, -0.2) is 17.5 Å². The molecule has 2 N–H and O–H groups in total. The minimum Gasteiger partial charge on any atom is -0.314 e. The third-order valence-electron chi connectivity index (χ3n) is 3.74. The fourth-order valence-corrected chi connectivity index (χ4v) is 3.65. The van der Waals surface area contributed by atoms with Crippen LogP contribution >= 0.6 is 12.4 Å². The number of hydrogen-bond donors (Lipinski definition) is 2. The lowest BCUT2D eigenvalue weighted by molar-refractivity contribution is -0.182. The van der Waals surface area contributed by atoms with E-state index in [4.69, 9.17) is 0 Å². The summed E-state index contributed by atoms with van der Waals surface area (Å²) in [6, 6.07) is 2.90. The van der Waals surface area contributed by atoms with Gasteiger partial charge in [-0.15, -0.1) is 12.4 Å². The molecule has 25 heavy (non-hydrogen) atoms. The lowest BCUT2D eigenvalue weighted by Gasteiger charge is -2.35. The number of rotatable bonds is 6. The third-order valence-corrected chi connectivity index (χ3v) is 5.06. The fraction of sp³-hybridized carbons (Fsp3) is 0.571. The molecule has 2 rings (SSSR count). The van der Waals surface area contributed by atoms with Crippen molar-refractivity contribution >= 4 is 22.4 Å². The van der Waals surface area contributed by atoms with E-state index in [0.717, 1.165) is 12.1 Å². The van der Waals surface area contributed by atoms with Crippen molar-refractivity contribution in [2.75, 3.05) is 32.7 Å². The van der Waals surface area contributed by atoms with Gasteiger partial charge in [-0.05, 0) is 17.7 Å². The smallest absolute Gasteiger partial charge is 0.314 e. The van der Waals surface area contributed by atoms with E-state index in [9.17, 15) is 26.0 Å². The molecule has 1 heterocycles. The van der Waals surface area contributed by atoms with Gasteiger partial charge in [-0.1, -0.05) is 12.1 Å². The Hall–Kier alpha value is -0.940. The Morgan fingerprint density at radius 1 is 1.16 bits per heavy atom. The average Bonchev–Trinajstić information content (AvgIpc) is 2.49. The maximum atomic E-state index is 13.2. The predicted octanol–water partition coefficient (Wildman–Crippen LogP) is 1.50. The molecule has 1 aliphatic heterocycles. The van der Waals surface area contributed by atoms with Crippen LogP contribution in [0.5, 0.6) is 0 Å². The quantitative estimate of drug-likeness (QED) is 0.704. The molecular formula is C14H20ClF4N3O2S. The Balaban J connectivity index is 0.00000312. The SMILES string of the molecule is Cl.O=S(=O)(Cc1ccc(F)cc1)NCC(N1CCNCC1)C(F)(F)F. The number of nitrogens with one attached hydrogen (secondary N) is 2. The van der Waals surface area contributed by atoms with Crippen LogP contribution in [0, 0.1) is 5.82 Å². The second kappa shape index (κ2) is 9.13. The van der Waals surface area contributed by atoms with Crippen molar-refractivity contribution in [2.45, 2.75) is 18.0 Å². The molecule has 0 aromatic heterocycles. The molecule has 1 saturated heterocycles. The van der Waals surface area contributed by atoms with Gasteiger partial charge >= 0.3 is 6.18 Å². The van der Waals surface area contributed by atoms with Crippen molar-refractivity contribution in [1.29, 1.82) is 0 Å². The van der Waals surface area contributed by atoms with E-state index < -0.39 is 40.4 Å². The number of hydrogen-bond acceptors (Lipinski definition) is 4. The van der Waals surface area contributed by atoms with Gasteiger partial charge < -0.3 is 5.32 Å². The Kier molecular flexibility index (Phi) is 8.07. The lowest BCUT2D eigenvalue weighted by Crippen LogP contribution is -2.57. The highest BCUT2D eigenvalue weighted by atomic mass is 35.5. The average molecular weight is 406 g/mol. The molecule has 1 aromatic carbocycles. The number of piperazine rings is 1. The summed E-state index contributed by atoms with van der Waals surface area (Å²) in [5.74, 6) is -1.01. The van der Waals surface area contributed by atoms with Crippen molar-refractivity contribution in [1.82, 2.24) is 14.9 Å². The van der Waals surface area contributed by atoms with E-state index in [1.807, 2.05) is 4.72 Å². The van der Waals surface area contributed by atoms with Gasteiger partial charge in [0.25, 0.3) is 0 Å². The Morgan fingerprint density at radius 2 is 1.72 bits per heavy atom. The molecule has 11 heteroatoms. The van der Waals surface area contributed by atoms with Crippen molar-refractivity contribution in [3.05, 3.63) is 35.6 Å². The second-order valence-electron chi connectivity index (χ2n) is 5.58. The molecule has 5 nitrogen and oxygen atoms in total. The first-order valence-electron chi connectivity index (χ1n) is 7.41. The van der Waals surface area contributed by atoms with Crippen molar-refractivity contribution in [3.63, 3.8) is 0 Å². The van der Waals surface area contributed by atoms with Crippen LogP contribution in [0.25, 0.3) is 0 Å². The molecule has 1 unspecified atom stereocenters. The number of alkyl halides is 3. The second-order valence-corrected chi connectivity index (χ2v) is 7.38. The summed E-state index contributed by atoms with van der Waals surface area (Å²) in [7, 11) is -3.96. The van der Waals surface area contributed by atoms with Crippen LogP contribution in [0.3, 0.4) is 0 Å². The molecule has 144 valence electrons. The zero-order chi connectivity index (χ0) is 17.8. The predicted molar refractivity (Wildman–Crippen MR) is 88.6 cm³/mol. The highest BCUT2D eigenvalue weighted by molar-refractivity contribution is 7.88. The zero-order valence-corrected chi connectivity index (χ0v) is 14.9. The number of benzene rings is 1. The fourth-order valence-electron chi connectivity index (χ4n) is 2.50. The van der Waals surface area contributed by atoms with E-state index >= 15 is 0 Å². The Morgan fingerprint density at radius 3 is 2.24 bits per heavy atom. The largest absolute Gasteiger partial charge is 0.405 e. The summed E-state index contributed by atoms with van der Waals surface area (Å²) < 4.78 is 78.5. The monoisotopic (exact) mass is 405 g/mol. The standard InChI is InChI=1S/C14H19F4N3O2S.ClH/c15-12-3-1-11(2-4-12)10-24(22,23)20-9-13(14(16,17)18)21-7-5-19-6-8-21;/h1-4,13,19-20H,5-10H2;1H. The van der Waals surface area contributed by atoms with Crippen LogP contribution in [0.4, 0.5) is 17.6 Å². The first-order chi connectivity index (χ1) is 11.2. The molecule has 0 aliphatic carbocycles. The molecule has 0 bridgehead atoms. The van der Waals surface area contributed by atoms with Crippen LogP contribution in [0.2, 0.25) is 0 Å². The molecular weight excluding hydrogens is 386 g/mol. The van der Waals surface area contributed by atoms with E-state index in [-0.39, 0.29) is 25.5 Å². The van der Waals surface area contributed by atoms with Gasteiger partial charge in [0.05, 0.1) is 5.75 Å². The summed E-state index contributed by atoms with van der Waals surface area (Å²) in [4.78, 5) is 1.22.